The number of H-pyrrole nitrogens is 1. The summed E-state index contributed by atoms with van der Waals surface area (Å²) < 4.78 is 0. The van der Waals surface area contributed by atoms with E-state index in [4.69, 9.17) is 0 Å². The van der Waals surface area contributed by atoms with Crippen LogP contribution in [0.4, 0.5) is 5.69 Å². The standard InChI is InChI=1S/C20H27N3O2S2/c1-4-11-26-13-15-12-18(24)23-20(21-15)27-17(6-3)19(25)22-16-10-8-7-9-14(16)5-2/h7-10,12,17H,4-6,11,13H2,1-3H3,(H,22,25)(H,21,23,24). The van der Waals surface area contributed by atoms with E-state index in [1.165, 1.54) is 17.8 Å². The number of carbonyl (C=O) groups excluding carboxylic acids is 1. The van der Waals surface area contributed by atoms with Crippen LogP contribution in [0.2, 0.25) is 0 Å². The Morgan fingerprint density at radius 2 is 2.04 bits per heavy atom. The van der Waals surface area contributed by atoms with Crippen molar-refractivity contribution in [3.05, 3.63) is 51.9 Å². The molecule has 1 heterocycles. The molecule has 1 aromatic carbocycles. The Morgan fingerprint density at radius 1 is 1.26 bits per heavy atom. The lowest BCUT2D eigenvalue weighted by Crippen LogP contribution is -2.26. The molecule has 0 bridgehead atoms. The molecule has 0 spiro atoms. The summed E-state index contributed by atoms with van der Waals surface area (Å²) in [5, 5.41) is 3.20. The van der Waals surface area contributed by atoms with E-state index in [0.29, 0.717) is 17.3 Å². The first-order chi connectivity index (χ1) is 13.1. The Kier molecular flexibility index (Phi) is 8.94. The Labute approximate surface area is 169 Å². The first-order valence-corrected chi connectivity index (χ1v) is 11.3. The quantitative estimate of drug-likeness (QED) is 0.346. The number of aromatic amines is 1. The third-order valence-electron chi connectivity index (χ3n) is 3.94. The van der Waals surface area contributed by atoms with Crippen LogP contribution in [0.25, 0.3) is 0 Å². The number of nitrogens with zero attached hydrogens (tertiary/aromatic N) is 1. The summed E-state index contributed by atoms with van der Waals surface area (Å²) in [6.07, 6.45) is 2.59. The molecule has 0 aliphatic carbocycles. The molecule has 1 atom stereocenters. The topological polar surface area (TPSA) is 74.8 Å². The molecule has 1 aromatic heterocycles. The van der Waals surface area contributed by atoms with Gasteiger partial charge in [0.2, 0.25) is 5.91 Å². The zero-order valence-electron chi connectivity index (χ0n) is 16.1. The lowest BCUT2D eigenvalue weighted by molar-refractivity contribution is -0.115. The minimum Gasteiger partial charge on any atom is -0.325 e. The molecular formula is C20H27N3O2S2. The molecule has 0 fully saturated rings. The minimum atomic E-state index is -0.323. The van der Waals surface area contributed by atoms with Gasteiger partial charge in [-0.2, -0.15) is 11.8 Å². The number of amides is 1. The number of para-hydroxylation sites is 1. The molecule has 2 rings (SSSR count). The van der Waals surface area contributed by atoms with Crippen LogP contribution in [0.3, 0.4) is 0 Å². The zero-order valence-corrected chi connectivity index (χ0v) is 17.7. The average Bonchev–Trinajstić information content (AvgIpc) is 2.66. The summed E-state index contributed by atoms with van der Waals surface area (Å²) in [5.41, 5.74) is 2.53. The summed E-state index contributed by atoms with van der Waals surface area (Å²) in [7, 11) is 0. The van der Waals surface area contributed by atoms with Crippen LogP contribution in [0.5, 0.6) is 0 Å². The predicted octanol–water partition coefficient (Wildman–Crippen LogP) is 4.48. The zero-order chi connectivity index (χ0) is 19.6. The van der Waals surface area contributed by atoms with Crippen LogP contribution >= 0.6 is 23.5 Å². The molecule has 7 heteroatoms. The summed E-state index contributed by atoms with van der Waals surface area (Å²) >= 11 is 3.07. The van der Waals surface area contributed by atoms with Crippen molar-refractivity contribution in [1.82, 2.24) is 9.97 Å². The largest absolute Gasteiger partial charge is 0.325 e. The Hall–Kier alpha value is -1.73. The van der Waals surface area contributed by atoms with Crippen molar-refractivity contribution in [3.63, 3.8) is 0 Å². The van der Waals surface area contributed by atoms with Gasteiger partial charge in [0, 0.05) is 17.5 Å². The molecule has 146 valence electrons. The highest BCUT2D eigenvalue weighted by molar-refractivity contribution is 8.00. The molecule has 0 aliphatic heterocycles. The van der Waals surface area contributed by atoms with Gasteiger partial charge in [-0.3, -0.25) is 9.59 Å². The highest BCUT2D eigenvalue weighted by atomic mass is 32.2. The van der Waals surface area contributed by atoms with E-state index in [1.807, 2.05) is 31.2 Å². The maximum atomic E-state index is 12.7. The van der Waals surface area contributed by atoms with Crippen LogP contribution < -0.4 is 10.9 Å². The fraction of sp³-hybridized carbons (Fsp3) is 0.450. The van der Waals surface area contributed by atoms with E-state index < -0.39 is 0 Å². The van der Waals surface area contributed by atoms with Gasteiger partial charge in [-0.05, 0) is 36.6 Å². The Morgan fingerprint density at radius 3 is 2.74 bits per heavy atom. The second-order valence-electron chi connectivity index (χ2n) is 6.11. The Bertz CT molecular complexity index is 808. The molecule has 2 aromatic rings. The number of hydrogen-bond acceptors (Lipinski definition) is 5. The number of aromatic nitrogens is 2. The molecule has 0 saturated heterocycles. The minimum absolute atomic E-state index is 0.0724. The number of carbonyl (C=O) groups is 1. The van der Waals surface area contributed by atoms with Crippen molar-refractivity contribution >= 4 is 35.1 Å². The molecule has 1 amide bonds. The van der Waals surface area contributed by atoms with Gasteiger partial charge in [0.1, 0.15) is 0 Å². The number of aryl methyl sites for hydroxylation is 1. The summed E-state index contributed by atoms with van der Waals surface area (Å²) in [6.45, 7) is 6.15. The average molecular weight is 406 g/mol. The number of anilines is 1. The van der Waals surface area contributed by atoms with Crippen molar-refractivity contribution in [1.29, 1.82) is 0 Å². The monoisotopic (exact) mass is 405 g/mol. The molecule has 2 N–H and O–H groups in total. The predicted molar refractivity (Wildman–Crippen MR) is 116 cm³/mol. The second-order valence-corrected chi connectivity index (χ2v) is 8.41. The lowest BCUT2D eigenvalue weighted by atomic mass is 10.1. The normalized spacial score (nSPS) is 12.0. The van der Waals surface area contributed by atoms with Gasteiger partial charge in [0.15, 0.2) is 5.16 Å². The smallest absolute Gasteiger partial charge is 0.251 e. The lowest BCUT2D eigenvalue weighted by Gasteiger charge is -2.16. The number of nitrogens with one attached hydrogen (secondary N) is 2. The summed E-state index contributed by atoms with van der Waals surface area (Å²) in [5.74, 6) is 1.67. The second kappa shape index (κ2) is 11.2. The fourth-order valence-corrected chi connectivity index (χ4v) is 4.28. The van der Waals surface area contributed by atoms with Crippen molar-refractivity contribution in [2.75, 3.05) is 11.1 Å². The van der Waals surface area contributed by atoms with E-state index in [0.717, 1.165) is 35.5 Å². The maximum absolute atomic E-state index is 12.7. The number of thioether (sulfide) groups is 2. The highest BCUT2D eigenvalue weighted by Gasteiger charge is 2.20. The first kappa shape index (κ1) is 21.6. The SMILES string of the molecule is CCCSCc1cc(=O)[nH]c(SC(CC)C(=O)Nc2ccccc2CC)n1. The van der Waals surface area contributed by atoms with Crippen LogP contribution in [-0.2, 0) is 17.0 Å². The van der Waals surface area contributed by atoms with E-state index in [1.54, 1.807) is 11.8 Å². The van der Waals surface area contributed by atoms with E-state index >= 15 is 0 Å². The number of hydrogen-bond donors (Lipinski definition) is 2. The molecule has 0 aliphatic rings. The molecule has 5 nitrogen and oxygen atoms in total. The van der Waals surface area contributed by atoms with Crippen LogP contribution in [0, 0.1) is 0 Å². The third-order valence-corrected chi connectivity index (χ3v) is 6.39. The molecule has 0 radical (unpaired) electrons. The van der Waals surface area contributed by atoms with Gasteiger partial charge in [0.05, 0.1) is 10.9 Å². The Balaban J connectivity index is 2.09. The van der Waals surface area contributed by atoms with Gasteiger partial charge in [0.25, 0.3) is 5.56 Å². The van der Waals surface area contributed by atoms with Gasteiger partial charge < -0.3 is 10.3 Å². The number of rotatable bonds is 10. The number of benzene rings is 1. The van der Waals surface area contributed by atoms with Crippen LogP contribution in [-0.4, -0.2) is 26.9 Å². The van der Waals surface area contributed by atoms with Crippen LogP contribution in [0.1, 0.15) is 44.9 Å². The van der Waals surface area contributed by atoms with E-state index in [-0.39, 0.29) is 16.7 Å². The molecule has 0 saturated carbocycles. The van der Waals surface area contributed by atoms with E-state index in [9.17, 15) is 9.59 Å². The third kappa shape index (κ3) is 6.74. The van der Waals surface area contributed by atoms with Crippen molar-refractivity contribution < 1.29 is 4.79 Å². The molecular weight excluding hydrogens is 378 g/mol. The van der Waals surface area contributed by atoms with Gasteiger partial charge in [-0.1, -0.05) is 50.7 Å². The van der Waals surface area contributed by atoms with Gasteiger partial charge in [-0.15, -0.1) is 0 Å². The summed E-state index contributed by atoms with van der Waals surface area (Å²) in [4.78, 5) is 32.0. The van der Waals surface area contributed by atoms with Gasteiger partial charge in [-0.25, -0.2) is 4.98 Å². The van der Waals surface area contributed by atoms with E-state index in [2.05, 4.69) is 29.1 Å². The van der Waals surface area contributed by atoms with Crippen molar-refractivity contribution in [2.45, 2.75) is 56.2 Å². The van der Waals surface area contributed by atoms with Crippen molar-refractivity contribution in [3.8, 4) is 0 Å². The summed E-state index contributed by atoms with van der Waals surface area (Å²) in [6, 6.07) is 9.35. The van der Waals surface area contributed by atoms with Crippen molar-refractivity contribution in [2.24, 2.45) is 0 Å². The van der Waals surface area contributed by atoms with Gasteiger partial charge >= 0.3 is 0 Å². The highest BCUT2D eigenvalue weighted by Crippen LogP contribution is 2.24. The first-order valence-electron chi connectivity index (χ1n) is 9.30. The molecule has 27 heavy (non-hydrogen) atoms. The van der Waals surface area contributed by atoms with Crippen LogP contribution in [0.15, 0.2) is 40.3 Å². The maximum Gasteiger partial charge on any atom is 0.251 e. The fourth-order valence-electron chi connectivity index (χ4n) is 2.56. The molecule has 1 unspecified atom stereocenters.